The maximum absolute atomic E-state index is 10.6. The molecule has 2 aromatic rings. The number of benzene rings is 2. The van der Waals surface area contributed by atoms with E-state index >= 15 is 0 Å². The average Bonchev–Trinajstić information content (AvgIpc) is 2.45. The molecule has 0 aliphatic carbocycles. The molecule has 0 heterocycles. The first kappa shape index (κ1) is 13.8. The van der Waals surface area contributed by atoms with E-state index in [0.29, 0.717) is 25.4 Å². The summed E-state index contributed by atoms with van der Waals surface area (Å²) in [5.41, 5.74) is 2.32. The van der Waals surface area contributed by atoms with Crippen LogP contribution in [0.2, 0.25) is 0 Å². The van der Waals surface area contributed by atoms with Crippen molar-refractivity contribution < 1.29 is 19.8 Å². The van der Waals surface area contributed by atoms with Crippen LogP contribution >= 0.6 is 0 Å². The minimum atomic E-state index is -0.0309. The molecule has 0 bridgehead atoms. The van der Waals surface area contributed by atoms with Gasteiger partial charge in [-0.3, -0.25) is 9.59 Å². The number of hydrogen-bond donors (Lipinski definition) is 2. The molecular weight excluding hydrogens is 256 g/mol. The molecule has 0 fully saturated rings. The molecule has 0 aromatic heterocycles. The van der Waals surface area contributed by atoms with Crippen LogP contribution in [0.5, 0.6) is 11.5 Å². The summed E-state index contributed by atoms with van der Waals surface area (Å²) in [5.74, 6) is -0.0618. The molecular formula is C16H14O4. The van der Waals surface area contributed by atoms with Crippen LogP contribution in [0.15, 0.2) is 36.4 Å². The number of hydrogen-bond acceptors (Lipinski definition) is 4. The summed E-state index contributed by atoms with van der Waals surface area (Å²) in [4.78, 5) is 21.2. The Labute approximate surface area is 116 Å². The van der Waals surface area contributed by atoms with Crippen molar-refractivity contribution in [2.24, 2.45) is 0 Å². The van der Waals surface area contributed by atoms with Crippen LogP contribution in [0, 0.1) is 0 Å². The zero-order valence-corrected chi connectivity index (χ0v) is 10.7. The standard InChI is InChI=1S/C16H14O4/c17-9-13-5-3-11(7-15(13)19)1-2-12-4-6-14(10-18)16(20)8-12/h3-10,19-20H,1-2H2. The van der Waals surface area contributed by atoms with E-state index in [1.165, 1.54) is 0 Å². The number of rotatable bonds is 5. The van der Waals surface area contributed by atoms with Gasteiger partial charge in [0.25, 0.3) is 0 Å². The lowest BCUT2D eigenvalue weighted by atomic mass is 10.0. The quantitative estimate of drug-likeness (QED) is 0.819. The highest BCUT2D eigenvalue weighted by molar-refractivity contribution is 5.79. The van der Waals surface area contributed by atoms with Gasteiger partial charge in [-0.15, -0.1) is 0 Å². The van der Waals surface area contributed by atoms with E-state index in [4.69, 9.17) is 0 Å². The number of aldehydes is 2. The van der Waals surface area contributed by atoms with Crippen molar-refractivity contribution >= 4 is 12.6 Å². The SMILES string of the molecule is O=Cc1ccc(CCc2ccc(C=O)c(O)c2)cc1O. The first-order valence-corrected chi connectivity index (χ1v) is 6.18. The van der Waals surface area contributed by atoms with Gasteiger partial charge in [0.15, 0.2) is 12.6 Å². The maximum atomic E-state index is 10.6. The second-order valence-electron chi connectivity index (χ2n) is 4.52. The third kappa shape index (κ3) is 3.03. The van der Waals surface area contributed by atoms with Crippen LogP contribution in [0.3, 0.4) is 0 Å². The van der Waals surface area contributed by atoms with Gasteiger partial charge in [0.1, 0.15) is 11.5 Å². The second-order valence-corrected chi connectivity index (χ2v) is 4.52. The largest absolute Gasteiger partial charge is 0.507 e. The third-order valence-corrected chi connectivity index (χ3v) is 3.15. The molecule has 0 saturated heterocycles. The van der Waals surface area contributed by atoms with Gasteiger partial charge in [0, 0.05) is 0 Å². The molecule has 4 nitrogen and oxygen atoms in total. The van der Waals surface area contributed by atoms with Crippen molar-refractivity contribution in [3.63, 3.8) is 0 Å². The smallest absolute Gasteiger partial charge is 0.153 e. The monoisotopic (exact) mass is 270 g/mol. The Morgan fingerprint density at radius 2 is 1.15 bits per heavy atom. The second kappa shape index (κ2) is 6.02. The molecule has 2 rings (SSSR count). The van der Waals surface area contributed by atoms with Crippen LogP contribution in [0.1, 0.15) is 31.8 Å². The minimum Gasteiger partial charge on any atom is -0.507 e. The summed E-state index contributed by atoms with van der Waals surface area (Å²) in [6.07, 6.45) is 2.53. The molecule has 20 heavy (non-hydrogen) atoms. The van der Waals surface area contributed by atoms with E-state index in [-0.39, 0.29) is 22.6 Å². The molecule has 2 N–H and O–H groups in total. The van der Waals surface area contributed by atoms with E-state index in [1.54, 1.807) is 36.4 Å². The lowest BCUT2D eigenvalue weighted by Crippen LogP contribution is -1.93. The Balaban J connectivity index is 2.08. The van der Waals surface area contributed by atoms with Crippen LogP contribution < -0.4 is 0 Å². The number of phenols is 2. The zero-order valence-electron chi connectivity index (χ0n) is 10.7. The van der Waals surface area contributed by atoms with Crippen molar-refractivity contribution in [3.05, 3.63) is 58.7 Å². The summed E-state index contributed by atoms with van der Waals surface area (Å²) in [7, 11) is 0. The topological polar surface area (TPSA) is 74.6 Å². The van der Waals surface area contributed by atoms with Gasteiger partial charge in [-0.25, -0.2) is 0 Å². The highest BCUT2D eigenvalue weighted by Crippen LogP contribution is 2.20. The minimum absolute atomic E-state index is 0.0309. The summed E-state index contributed by atoms with van der Waals surface area (Å²) < 4.78 is 0. The number of aryl methyl sites for hydroxylation is 2. The van der Waals surface area contributed by atoms with Crippen molar-refractivity contribution in [2.45, 2.75) is 12.8 Å². The lowest BCUT2D eigenvalue weighted by Gasteiger charge is -2.05. The summed E-state index contributed by atoms with van der Waals surface area (Å²) in [6, 6.07) is 9.83. The molecule has 2 aromatic carbocycles. The van der Waals surface area contributed by atoms with Crippen LogP contribution in [0.4, 0.5) is 0 Å². The Morgan fingerprint density at radius 3 is 1.45 bits per heavy atom. The van der Waals surface area contributed by atoms with Gasteiger partial charge in [-0.1, -0.05) is 12.1 Å². The van der Waals surface area contributed by atoms with E-state index < -0.39 is 0 Å². The fraction of sp³-hybridized carbons (Fsp3) is 0.125. The Hall–Kier alpha value is -2.62. The number of carbonyl (C=O) groups excluding carboxylic acids is 2. The van der Waals surface area contributed by atoms with Gasteiger partial charge in [0.05, 0.1) is 11.1 Å². The molecule has 0 unspecified atom stereocenters. The maximum Gasteiger partial charge on any atom is 0.153 e. The Bertz CT molecular complexity index is 589. The van der Waals surface area contributed by atoms with Gasteiger partial charge in [0.2, 0.25) is 0 Å². The Morgan fingerprint density at radius 1 is 0.750 bits per heavy atom. The van der Waals surface area contributed by atoms with Crippen molar-refractivity contribution in [1.82, 2.24) is 0 Å². The molecule has 0 spiro atoms. The first-order valence-electron chi connectivity index (χ1n) is 6.18. The van der Waals surface area contributed by atoms with E-state index in [9.17, 15) is 19.8 Å². The molecule has 0 amide bonds. The predicted molar refractivity (Wildman–Crippen MR) is 74.4 cm³/mol. The van der Waals surface area contributed by atoms with Crippen LogP contribution in [0.25, 0.3) is 0 Å². The van der Waals surface area contributed by atoms with Crippen molar-refractivity contribution in [3.8, 4) is 11.5 Å². The first-order chi connectivity index (χ1) is 9.63. The summed E-state index contributed by atoms with van der Waals surface area (Å²) in [5, 5.41) is 19.2. The highest BCUT2D eigenvalue weighted by Gasteiger charge is 2.04. The van der Waals surface area contributed by atoms with Gasteiger partial charge in [-0.05, 0) is 48.2 Å². The Kier molecular flexibility index (Phi) is 4.15. The van der Waals surface area contributed by atoms with Gasteiger partial charge in [-0.2, -0.15) is 0 Å². The van der Waals surface area contributed by atoms with E-state index in [0.717, 1.165) is 11.1 Å². The number of phenolic OH excluding ortho intramolecular Hbond substituents is 2. The zero-order chi connectivity index (χ0) is 14.5. The lowest BCUT2D eigenvalue weighted by molar-refractivity contribution is 0.111. The van der Waals surface area contributed by atoms with Gasteiger partial charge < -0.3 is 10.2 Å². The molecule has 0 aliphatic rings. The summed E-state index contributed by atoms with van der Waals surface area (Å²) >= 11 is 0. The van der Waals surface area contributed by atoms with E-state index in [1.807, 2.05) is 0 Å². The normalized spacial score (nSPS) is 10.2. The van der Waals surface area contributed by atoms with Crippen molar-refractivity contribution in [1.29, 1.82) is 0 Å². The average molecular weight is 270 g/mol. The molecule has 102 valence electrons. The molecule has 0 radical (unpaired) electrons. The number of carbonyl (C=O) groups is 2. The fourth-order valence-corrected chi connectivity index (χ4v) is 1.98. The van der Waals surface area contributed by atoms with Gasteiger partial charge >= 0.3 is 0 Å². The van der Waals surface area contributed by atoms with Crippen molar-refractivity contribution in [2.75, 3.05) is 0 Å². The number of aromatic hydroxyl groups is 2. The predicted octanol–water partition coefficient (Wildman–Crippen LogP) is 2.51. The fourth-order valence-electron chi connectivity index (χ4n) is 1.98. The molecule has 0 atom stereocenters. The third-order valence-electron chi connectivity index (χ3n) is 3.15. The van der Waals surface area contributed by atoms with E-state index in [2.05, 4.69) is 0 Å². The summed E-state index contributed by atoms with van der Waals surface area (Å²) in [6.45, 7) is 0. The van der Waals surface area contributed by atoms with Crippen LogP contribution in [-0.2, 0) is 12.8 Å². The molecule has 0 saturated carbocycles. The molecule has 4 heteroatoms. The highest BCUT2D eigenvalue weighted by atomic mass is 16.3. The van der Waals surface area contributed by atoms with Crippen LogP contribution in [-0.4, -0.2) is 22.8 Å². The molecule has 0 aliphatic heterocycles.